The molecule has 1 atom stereocenters. The number of fused-ring (bicyclic) bond motifs is 1. The molecule has 1 saturated carbocycles. The molecule has 41 heavy (non-hydrogen) atoms. The minimum atomic E-state index is -0.837. The molecular weight excluding hydrogens is 521 g/mol. The van der Waals surface area contributed by atoms with Crippen molar-refractivity contribution in [1.29, 1.82) is 0 Å². The van der Waals surface area contributed by atoms with Crippen LogP contribution in [-0.4, -0.2) is 58.6 Å². The number of benzene rings is 1. The summed E-state index contributed by atoms with van der Waals surface area (Å²) < 4.78 is 17.2. The lowest BCUT2D eigenvalue weighted by molar-refractivity contribution is 0.0434. The third-order valence-corrected chi connectivity index (χ3v) is 8.27. The highest BCUT2D eigenvalue weighted by molar-refractivity contribution is 5.78. The molecule has 1 fully saturated rings. The van der Waals surface area contributed by atoms with Gasteiger partial charge in [-0.1, -0.05) is 18.2 Å². The molecule has 0 amide bonds. The fraction of sp³-hybridized carbons (Fsp3) is 0.300. The van der Waals surface area contributed by atoms with Crippen molar-refractivity contribution >= 4 is 16.9 Å². The Hall–Kier alpha value is -4.48. The molecule has 0 spiro atoms. The zero-order chi connectivity index (χ0) is 28.1. The Morgan fingerprint density at radius 1 is 0.976 bits per heavy atom. The van der Waals surface area contributed by atoms with Gasteiger partial charge in [-0.2, -0.15) is 10.2 Å². The molecule has 0 saturated heterocycles. The Balaban J connectivity index is 1.08. The van der Waals surface area contributed by atoms with E-state index >= 15 is 0 Å². The number of nitrogens with zero attached hydrogens (tertiary/aromatic N) is 8. The van der Waals surface area contributed by atoms with E-state index in [1.165, 1.54) is 12.1 Å². The molecule has 10 nitrogen and oxygen atoms in total. The van der Waals surface area contributed by atoms with E-state index in [0.717, 1.165) is 65.0 Å². The van der Waals surface area contributed by atoms with Crippen LogP contribution in [0.15, 0.2) is 73.7 Å². The van der Waals surface area contributed by atoms with Crippen molar-refractivity contribution < 1.29 is 9.50 Å². The average Bonchev–Trinajstić information content (AvgIpc) is 3.63. The second-order valence-corrected chi connectivity index (χ2v) is 11.1. The highest BCUT2D eigenvalue weighted by Gasteiger charge is 2.29. The maximum Gasteiger partial charge on any atom is 0.156 e. The molecule has 1 aliphatic carbocycles. The second-order valence-electron chi connectivity index (χ2n) is 11.1. The van der Waals surface area contributed by atoms with Crippen molar-refractivity contribution in [2.24, 2.45) is 5.73 Å². The summed E-state index contributed by atoms with van der Waals surface area (Å²) in [5.41, 5.74) is 11.3. The molecule has 0 bridgehead atoms. The van der Waals surface area contributed by atoms with E-state index in [9.17, 15) is 9.50 Å². The number of aliphatic hydroxyl groups is 1. The third kappa shape index (κ3) is 4.66. The summed E-state index contributed by atoms with van der Waals surface area (Å²) >= 11 is 0. The summed E-state index contributed by atoms with van der Waals surface area (Å²) in [4.78, 5) is 16.1. The largest absolute Gasteiger partial charge is 0.393 e. The highest BCUT2D eigenvalue weighted by atomic mass is 19.1. The van der Waals surface area contributed by atoms with Gasteiger partial charge in [0.1, 0.15) is 17.7 Å². The van der Waals surface area contributed by atoms with Crippen molar-refractivity contribution in [3.63, 3.8) is 0 Å². The van der Waals surface area contributed by atoms with E-state index in [4.69, 9.17) is 5.73 Å². The normalized spacial score (nSPS) is 20.5. The number of hydrogen-bond donors (Lipinski definition) is 2. The lowest BCUT2D eigenvalue weighted by Crippen LogP contribution is -2.34. The second kappa shape index (κ2) is 9.86. The molecule has 1 aromatic carbocycles. The number of halogens is 1. The van der Waals surface area contributed by atoms with Gasteiger partial charge < -0.3 is 15.7 Å². The van der Waals surface area contributed by atoms with Crippen molar-refractivity contribution in [3.05, 3.63) is 96.5 Å². The summed E-state index contributed by atoms with van der Waals surface area (Å²) in [5, 5.41) is 18.6. The highest BCUT2D eigenvalue weighted by Crippen LogP contribution is 2.34. The van der Waals surface area contributed by atoms with Crippen LogP contribution in [0.25, 0.3) is 22.2 Å². The minimum Gasteiger partial charge on any atom is -0.393 e. The zero-order valence-electron chi connectivity index (χ0n) is 22.6. The number of anilines is 1. The third-order valence-electron chi connectivity index (χ3n) is 8.27. The van der Waals surface area contributed by atoms with Crippen molar-refractivity contribution in [3.8, 4) is 11.1 Å². The van der Waals surface area contributed by atoms with Gasteiger partial charge in [-0.15, -0.1) is 0 Å². The Kier molecular flexibility index (Phi) is 6.13. The van der Waals surface area contributed by atoms with E-state index in [1.807, 2.05) is 34.7 Å². The smallest absolute Gasteiger partial charge is 0.156 e. The molecule has 1 unspecified atom stereocenters. The Labute approximate surface area is 236 Å². The fourth-order valence-corrected chi connectivity index (χ4v) is 5.57. The SMILES string of the molecule is CC(N)(c1ccc(F)cc1)c1cnc(C2=CCN(c3ncnn4cc(-c5cnn([C@H]6C[C@@H](O)C6)c5)cc34)CC2)nc1. The molecule has 7 rings (SSSR count). The monoisotopic (exact) mass is 551 g/mol. The molecule has 3 N–H and O–H groups in total. The van der Waals surface area contributed by atoms with Gasteiger partial charge in [-0.3, -0.25) is 4.68 Å². The molecule has 2 aliphatic rings. The molecule has 4 aromatic heterocycles. The first-order valence-electron chi connectivity index (χ1n) is 13.7. The number of aromatic nitrogens is 7. The average molecular weight is 552 g/mol. The first-order chi connectivity index (χ1) is 19.8. The van der Waals surface area contributed by atoms with Crippen LogP contribution in [0.5, 0.6) is 0 Å². The number of nitrogens with two attached hydrogens (primary N) is 1. The molecule has 11 heteroatoms. The molecule has 1 aliphatic heterocycles. The maximum atomic E-state index is 13.4. The van der Waals surface area contributed by atoms with E-state index in [0.29, 0.717) is 12.4 Å². The number of aliphatic hydroxyl groups excluding tert-OH is 1. The van der Waals surface area contributed by atoms with Crippen LogP contribution in [0.2, 0.25) is 0 Å². The molecule has 0 radical (unpaired) electrons. The Morgan fingerprint density at radius 2 is 1.76 bits per heavy atom. The Morgan fingerprint density at radius 3 is 2.46 bits per heavy atom. The summed E-state index contributed by atoms with van der Waals surface area (Å²) in [5.74, 6) is 1.25. The molecule has 5 aromatic rings. The first kappa shape index (κ1) is 25.5. The van der Waals surface area contributed by atoms with Crippen molar-refractivity contribution in [2.45, 2.75) is 43.9 Å². The maximum absolute atomic E-state index is 13.4. The van der Waals surface area contributed by atoms with E-state index < -0.39 is 5.54 Å². The summed E-state index contributed by atoms with van der Waals surface area (Å²) in [6, 6.07) is 8.55. The van der Waals surface area contributed by atoms with Crippen LogP contribution in [0, 0.1) is 5.82 Å². The van der Waals surface area contributed by atoms with Crippen LogP contribution >= 0.6 is 0 Å². The van der Waals surface area contributed by atoms with E-state index in [2.05, 4.69) is 42.2 Å². The van der Waals surface area contributed by atoms with Crippen LogP contribution in [0.4, 0.5) is 10.2 Å². The topological polar surface area (TPSA) is 123 Å². The summed E-state index contributed by atoms with van der Waals surface area (Å²) in [6.45, 7) is 3.30. The predicted molar refractivity (Wildman–Crippen MR) is 152 cm³/mol. The van der Waals surface area contributed by atoms with E-state index in [-0.39, 0.29) is 18.0 Å². The van der Waals surface area contributed by atoms with Gasteiger partial charge in [-0.05, 0) is 55.5 Å². The van der Waals surface area contributed by atoms with Crippen molar-refractivity contribution in [1.82, 2.24) is 34.3 Å². The minimum absolute atomic E-state index is 0.220. The van der Waals surface area contributed by atoms with Gasteiger partial charge in [0.2, 0.25) is 0 Å². The fourth-order valence-electron chi connectivity index (χ4n) is 5.57. The zero-order valence-corrected chi connectivity index (χ0v) is 22.6. The van der Waals surface area contributed by atoms with Crippen LogP contribution < -0.4 is 10.6 Å². The van der Waals surface area contributed by atoms with Gasteiger partial charge in [0.05, 0.1) is 23.9 Å². The lowest BCUT2D eigenvalue weighted by atomic mass is 9.87. The van der Waals surface area contributed by atoms with Crippen molar-refractivity contribution in [2.75, 3.05) is 18.0 Å². The van der Waals surface area contributed by atoms with Crippen LogP contribution in [0.1, 0.15) is 49.2 Å². The number of rotatable bonds is 6. The van der Waals surface area contributed by atoms with Gasteiger partial charge in [0.25, 0.3) is 0 Å². The molecule has 5 heterocycles. The molecule has 208 valence electrons. The Bertz CT molecular complexity index is 1730. The first-order valence-corrected chi connectivity index (χ1v) is 13.7. The molecular formula is C30H30FN9O. The summed E-state index contributed by atoms with van der Waals surface area (Å²) in [7, 11) is 0. The van der Waals surface area contributed by atoms with E-state index in [1.54, 1.807) is 30.9 Å². The number of hydrogen-bond acceptors (Lipinski definition) is 8. The van der Waals surface area contributed by atoms with Gasteiger partial charge in [0.15, 0.2) is 11.6 Å². The van der Waals surface area contributed by atoms with Crippen LogP contribution in [0.3, 0.4) is 0 Å². The van der Waals surface area contributed by atoms with Gasteiger partial charge >= 0.3 is 0 Å². The van der Waals surface area contributed by atoms with Gasteiger partial charge in [-0.25, -0.2) is 23.9 Å². The predicted octanol–water partition coefficient (Wildman–Crippen LogP) is 3.73. The lowest BCUT2D eigenvalue weighted by Gasteiger charge is -2.31. The summed E-state index contributed by atoms with van der Waals surface area (Å²) in [6.07, 6.45) is 15.2. The van der Waals surface area contributed by atoms with Crippen LogP contribution in [-0.2, 0) is 5.54 Å². The quantitative estimate of drug-likeness (QED) is 0.327. The standard InChI is InChI=1S/C30H30FN9O/c1-30(32,22-2-4-24(31)5-3-22)23-14-33-28(34-15-23)19-6-8-38(9-7-19)29-27-10-20(16-40(27)37-18-35-29)21-13-36-39(17-21)25-11-26(41)12-25/h2-6,10,13-18,25-26,41H,7-9,11-12,32H2,1H3/t25-,26+,30?. The van der Waals surface area contributed by atoms with Gasteiger partial charge in [0, 0.05) is 54.6 Å².